The van der Waals surface area contributed by atoms with Crippen molar-refractivity contribution in [1.82, 2.24) is 5.32 Å². The molecule has 0 radical (unpaired) electrons. The Hall–Kier alpha value is -2.00. The molecule has 0 saturated carbocycles. The summed E-state index contributed by atoms with van der Waals surface area (Å²) in [6.45, 7) is 2.35. The summed E-state index contributed by atoms with van der Waals surface area (Å²) < 4.78 is 11.2. The van der Waals surface area contributed by atoms with Crippen LogP contribution in [0.15, 0.2) is 30.3 Å². The zero-order chi connectivity index (χ0) is 13.1. The van der Waals surface area contributed by atoms with Crippen LogP contribution in [0.4, 0.5) is 0 Å². The third kappa shape index (κ3) is 1.28. The second kappa shape index (κ2) is 3.76. The van der Waals surface area contributed by atoms with Gasteiger partial charge in [0.15, 0.2) is 11.5 Å². The summed E-state index contributed by atoms with van der Waals surface area (Å²) in [7, 11) is 0. The lowest BCUT2D eigenvalue weighted by molar-refractivity contribution is 0.173. The predicted octanol–water partition coefficient (Wildman–Crippen LogP) is 2.55. The van der Waals surface area contributed by atoms with E-state index in [0.29, 0.717) is 12.7 Å². The van der Waals surface area contributed by atoms with Gasteiger partial charge in [-0.05, 0) is 28.3 Å². The van der Waals surface area contributed by atoms with Crippen LogP contribution in [0.5, 0.6) is 11.5 Å². The predicted molar refractivity (Wildman–Crippen MR) is 75.4 cm³/mol. The second-order valence-electron chi connectivity index (χ2n) is 5.72. The van der Waals surface area contributed by atoms with Crippen molar-refractivity contribution in [1.29, 1.82) is 0 Å². The third-order valence-corrected chi connectivity index (χ3v) is 4.72. The molecule has 0 amide bonds. The molecule has 0 aromatic heterocycles. The van der Waals surface area contributed by atoms with Crippen LogP contribution in [0.2, 0.25) is 0 Å². The van der Waals surface area contributed by atoms with Crippen molar-refractivity contribution in [3.8, 4) is 11.5 Å². The SMILES string of the molecule is c1cc2c3c(c1)Cc1c(ccc4c1OCO4)[C@@H]3CNC2. The summed E-state index contributed by atoms with van der Waals surface area (Å²) in [5.74, 6) is 2.31. The van der Waals surface area contributed by atoms with E-state index in [-0.39, 0.29) is 0 Å². The van der Waals surface area contributed by atoms with Gasteiger partial charge >= 0.3 is 0 Å². The maximum atomic E-state index is 5.71. The Bertz CT molecular complexity index is 723. The fraction of sp³-hybridized carbons (Fsp3) is 0.294. The first kappa shape index (κ1) is 10.7. The quantitative estimate of drug-likeness (QED) is 0.794. The molecule has 0 fully saturated rings. The van der Waals surface area contributed by atoms with Crippen LogP contribution in [0.1, 0.15) is 33.7 Å². The zero-order valence-corrected chi connectivity index (χ0v) is 11.1. The van der Waals surface area contributed by atoms with Crippen molar-refractivity contribution >= 4 is 0 Å². The highest BCUT2D eigenvalue weighted by molar-refractivity contribution is 5.61. The minimum absolute atomic E-state index is 0.349. The highest BCUT2D eigenvalue weighted by Crippen LogP contribution is 2.47. The smallest absolute Gasteiger partial charge is 0.231 e. The van der Waals surface area contributed by atoms with E-state index in [9.17, 15) is 0 Å². The minimum Gasteiger partial charge on any atom is -0.454 e. The molecule has 2 heterocycles. The van der Waals surface area contributed by atoms with Crippen molar-refractivity contribution in [2.45, 2.75) is 18.9 Å². The molecular weight excluding hydrogens is 250 g/mol. The summed E-state index contributed by atoms with van der Waals surface area (Å²) in [4.78, 5) is 0. The van der Waals surface area contributed by atoms with Gasteiger partial charge < -0.3 is 14.8 Å². The molecule has 5 rings (SSSR count). The summed E-state index contributed by atoms with van der Waals surface area (Å²) >= 11 is 0. The standard InChI is InChI=1S/C17H15NO2/c1-2-10-6-13-12(4-5-15-17(13)20-9-19-15)14-8-18-7-11(3-1)16(10)14/h1-5,14,18H,6-9H2/t14-/m0/s1. The van der Waals surface area contributed by atoms with E-state index in [1.165, 1.54) is 27.8 Å². The van der Waals surface area contributed by atoms with Crippen molar-refractivity contribution in [3.63, 3.8) is 0 Å². The molecule has 3 nitrogen and oxygen atoms in total. The van der Waals surface area contributed by atoms with E-state index in [1.807, 2.05) is 0 Å². The van der Waals surface area contributed by atoms with Crippen LogP contribution in [-0.2, 0) is 13.0 Å². The van der Waals surface area contributed by atoms with Crippen LogP contribution in [-0.4, -0.2) is 13.3 Å². The lowest BCUT2D eigenvalue weighted by atomic mass is 9.74. The number of nitrogens with one attached hydrogen (secondary N) is 1. The molecule has 2 aromatic rings. The summed E-state index contributed by atoms with van der Waals surface area (Å²) in [5.41, 5.74) is 7.16. The van der Waals surface area contributed by atoms with Gasteiger partial charge in [0.2, 0.25) is 6.79 Å². The molecule has 3 heteroatoms. The Morgan fingerprint density at radius 3 is 3.00 bits per heavy atom. The fourth-order valence-corrected chi connectivity index (χ4v) is 3.89. The Morgan fingerprint density at radius 1 is 1.05 bits per heavy atom. The maximum absolute atomic E-state index is 5.71. The topological polar surface area (TPSA) is 30.5 Å². The number of benzene rings is 2. The first-order chi connectivity index (χ1) is 9.92. The minimum atomic E-state index is 0.349. The van der Waals surface area contributed by atoms with Crippen LogP contribution >= 0.6 is 0 Å². The average Bonchev–Trinajstić information content (AvgIpc) is 2.97. The Morgan fingerprint density at radius 2 is 2.00 bits per heavy atom. The van der Waals surface area contributed by atoms with E-state index in [2.05, 4.69) is 35.6 Å². The largest absolute Gasteiger partial charge is 0.454 e. The second-order valence-corrected chi connectivity index (χ2v) is 5.72. The van der Waals surface area contributed by atoms with Crippen LogP contribution in [0.25, 0.3) is 0 Å². The Labute approximate surface area is 117 Å². The number of hydrogen-bond acceptors (Lipinski definition) is 3. The van der Waals surface area contributed by atoms with E-state index in [4.69, 9.17) is 9.47 Å². The van der Waals surface area contributed by atoms with E-state index in [0.717, 1.165) is 31.0 Å². The van der Waals surface area contributed by atoms with Crippen LogP contribution in [0, 0.1) is 0 Å². The van der Waals surface area contributed by atoms with E-state index < -0.39 is 0 Å². The summed E-state index contributed by atoms with van der Waals surface area (Å²) in [6, 6.07) is 11.0. The average molecular weight is 265 g/mol. The molecule has 2 aliphatic heterocycles. The molecule has 0 unspecified atom stereocenters. The van der Waals surface area contributed by atoms with Crippen LogP contribution in [0.3, 0.4) is 0 Å². The highest BCUT2D eigenvalue weighted by atomic mass is 16.7. The zero-order valence-electron chi connectivity index (χ0n) is 11.1. The molecule has 0 spiro atoms. The fourth-order valence-electron chi connectivity index (χ4n) is 3.89. The van der Waals surface area contributed by atoms with Gasteiger partial charge in [0.1, 0.15) is 0 Å². The molecule has 1 atom stereocenters. The molecule has 0 bridgehead atoms. The number of fused-ring (bicyclic) bond motifs is 4. The molecule has 100 valence electrons. The lowest BCUT2D eigenvalue weighted by Crippen LogP contribution is -2.32. The van der Waals surface area contributed by atoms with E-state index >= 15 is 0 Å². The van der Waals surface area contributed by atoms with Gasteiger partial charge in [-0.15, -0.1) is 0 Å². The molecule has 0 saturated heterocycles. The third-order valence-electron chi connectivity index (χ3n) is 4.72. The molecule has 20 heavy (non-hydrogen) atoms. The van der Waals surface area contributed by atoms with Crippen molar-refractivity contribution < 1.29 is 9.47 Å². The monoisotopic (exact) mass is 265 g/mol. The van der Waals surface area contributed by atoms with Gasteiger partial charge in [-0.25, -0.2) is 0 Å². The first-order valence-corrected chi connectivity index (χ1v) is 7.14. The number of hydrogen-bond donors (Lipinski definition) is 1. The lowest BCUT2D eigenvalue weighted by Gasteiger charge is -2.34. The molecule has 3 aliphatic rings. The van der Waals surface area contributed by atoms with Gasteiger partial charge in [0.05, 0.1) is 0 Å². The van der Waals surface area contributed by atoms with Gasteiger partial charge in [-0.3, -0.25) is 0 Å². The molecule has 1 aliphatic carbocycles. The van der Waals surface area contributed by atoms with Gasteiger partial charge in [-0.1, -0.05) is 24.3 Å². The molecule has 1 N–H and O–H groups in total. The molecule has 2 aromatic carbocycles. The highest BCUT2D eigenvalue weighted by Gasteiger charge is 2.33. The van der Waals surface area contributed by atoms with Crippen molar-refractivity contribution in [3.05, 3.63) is 58.1 Å². The summed E-state index contributed by atoms with van der Waals surface area (Å²) in [5, 5.41) is 3.54. The Balaban J connectivity index is 1.78. The number of ether oxygens (including phenoxy) is 2. The maximum Gasteiger partial charge on any atom is 0.231 e. The van der Waals surface area contributed by atoms with Gasteiger partial charge in [0, 0.05) is 31.0 Å². The van der Waals surface area contributed by atoms with E-state index in [1.54, 1.807) is 0 Å². The van der Waals surface area contributed by atoms with Gasteiger partial charge in [-0.2, -0.15) is 0 Å². The Kier molecular flexibility index (Phi) is 2.02. The normalized spacial score (nSPS) is 21.3. The van der Waals surface area contributed by atoms with Crippen molar-refractivity contribution in [2.75, 3.05) is 13.3 Å². The van der Waals surface area contributed by atoms with Gasteiger partial charge in [0.25, 0.3) is 0 Å². The molecular formula is C17H15NO2. The summed E-state index contributed by atoms with van der Waals surface area (Å²) in [6.07, 6.45) is 0.960. The number of rotatable bonds is 0. The van der Waals surface area contributed by atoms with Crippen LogP contribution < -0.4 is 14.8 Å². The first-order valence-electron chi connectivity index (χ1n) is 7.14. The van der Waals surface area contributed by atoms with Crippen molar-refractivity contribution in [2.24, 2.45) is 0 Å².